The summed E-state index contributed by atoms with van der Waals surface area (Å²) in [7, 11) is 0. The van der Waals surface area contributed by atoms with Gasteiger partial charge in [0.25, 0.3) is 0 Å². The van der Waals surface area contributed by atoms with E-state index in [1.165, 1.54) is 0 Å². The highest BCUT2D eigenvalue weighted by Gasteiger charge is 2.27. The van der Waals surface area contributed by atoms with E-state index in [-0.39, 0.29) is 12.5 Å². The Kier molecular flexibility index (Phi) is 11.3. The van der Waals surface area contributed by atoms with Crippen molar-refractivity contribution >= 4 is 11.9 Å². The van der Waals surface area contributed by atoms with Gasteiger partial charge in [-0.3, -0.25) is 9.69 Å². The molecule has 3 N–H and O–H groups in total. The van der Waals surface area contributed by atoms with E-state index < -0.39 is 0 Å². The molecule has 0 aliphatic carbocycles. The van der Waals surface area contributed by atoms with Crippen molar-refractivity contribution in [1.82, 2.24) is 20.9 Å². The van der Waals surface area contributed by atoms with Crippen LogP contribution in [0.3, 0.4) is 0 Å². The van der Waals surface area contributed by atoms with Gasteiger partial charge in [0.15, 0.2) is 5.96 Å². The quantitative estimate of drug-likeness (QED) is 0.379. The summed E-state index contributed by atoms with van der Waals surface area (Å²) in [5.74, 6) is 1.23. The van der Waals surface area contributed by atoms with Gasteiger partial charge in [-0.05, 0) is 18.4 Å². The summed E-state index contributed by atoms with van der Waals surface area (Å²) in [6.45, 7) is 12.3. The van der Waals surface area contributed by atoms with Crippen molar-refractivity contribution in [2.75, 3.05) is 45.9 Å². The lowest BCUT2D eigenvalue weighted by molar-refractivity contribution is -0.119. The molecule has 1 aliphatic rings. The van der Waals surface area contributed by atoms with Crippen molar-refractivity contribution in [3.63, 3.8) is 0 Å². The molecule has 1 atom stereocenters. The zero-order chi connectivity index (χ0) is 21.6. The van der Waals surface area contributed by atoms with Crippen LogP contribution in [0.4, 0.5) is 0 Å². The highest BCUT2D eigenvalue weighted by atomic mass is 16.5. The van der Waals surface area contributed by atoms with E-state index >= 15 is 0 Å². The number of aliphatic imine (C=N–C) groups is 1. The molecular weight excluding hydrogens is 378 g/mol. The average molecular weight is 418 g/mol. The summed E-state index contributed by atoms with van der Waals surface area (Å²) in [4.78, 5) is 19.2. The Balaban J connectivity index is 1.90. The van der Waals surface area contributed by atoms with Gasteiger partial charge >= 0.3 is 0 Å². The number of hydrogen-bond acceptors (Lipinski definition) is 4. The van der Waals surface area contributed by atoms with Gasteiger partial charge < -0.3 is 20.7 Å². The number of morpholine rings is 1. The minimum absolute atomic E-state index is 0.0826. The molecule has 1 aromatic carbocycles. The van der Waals surface area contributed by atoms with Gasteiger partial charge in [-0.15, -0.1) is 0 Å². The number of nitrogens with zero attached hydrogens (tertiary/aromatic N) is 2. The molecule has 7 nitrogen and oxygen atoms in total. The van der Waals surface area contributed by atoms with Crippen molar-refractivity contribution in [2.24, 2.45) is 10.9 Å². The number of hydrogen-bond donors (Lipinski definition) is 3. The maximum absolute atomic E-state index is 12.2. The monoisotopic (exact) mass is 417 g/mol. The Hall–Kier alpha value is -2.12. The lowest BCUT2D eigenvalue weighted by atomic mass is 9.92. The molecule has 1 saturated heterocycles. The maximum Gasteiger partial charge on any atom is 0.242 e. The van der Waals surface area contributed by atoms with Gasteiger partial charge in [0.1, 0.15) is 6.54 Å². The lowest BCUT2D eigenvalue weighted by Crippen LogP contribution is -2.53. The number of carbonyl (C=O) groups is 1. The molecule has 1 aliphatic heterocycles. The van der Waals surface area contributed by atoms with Crippen LogP contribution in [0.25, 0.3) is 0 Å². The second kappa shape index (κ2) is 14.0. The van der Waals surface area contributed by atoms with Gasteiger partial charge in [0, 0.05) is 38.8 Å². The zero-order valence-corrected chi connectivity index (χ0v) is 18.8. The average Bonchev–Trinajstić information content (AvgIpc) is 2.80. The van der Waals surface area contributed by atoms with Gasteiger partial charge in [-0.1, -0.05) is 57.0 Å². The molecule has 0 saturated carbocycles. The van der Waals surface area contributed by atoms with Gasteiger partial charge in [-0.25, -0.2) is 4.99 Å². The summed E-state index contributed by atoms with van der Waals surface area (Å²) in [6.07, 6.45) is 2.30. The largest absolute Gasteiger partial charge is 0.379 e. The van der Waals surface area contributed by atoms with E-state index in [4.69, 9.17) is 4.74 Å². The fourth-order valence-corrected chi connectivity index (χ4v) is 3.88. The van der Waals surface area contributed by atoms with E-state index in [9.17, 15) is 4.79 Å². The van der Waals surface area contributed by atoms with Crippen molar-refractivity contribution in [3.05, 3.63) is 35.9 Å². The molecule has 1 unspecified atom stereocenters. The molecule has 2 rings (SSSR count). The molecule has 0 bridgehead atoms. The Bertz CT molecular complexity index is 628. The third-order valence-electron chi connectivity index (χ3n) is 5.64. The summed E-state index contributed by atoms with van der Waals surface area (Å²) in [6, 6.07) is 10.3. The third kappa shape index (κ3) is 8.32. The van der Waals surface area contributed by atoms with Crippen LogP contribution in [0.15, 0.2) is 35.3 Å². The van der Waals surface area contributed by atoms with Crippen LogP contribution < -0.4 is 16.0 Å². The van der Waals surface area contributed by atoms with Crippen molar-refractivity contribution < 1.29 is 9.53 Å². The molecule has 1 fully saturated rings. The number of ether oxygens (including phenoxy) is 1. The molecule has 0 radical (unpaired) electrons. The van der Waals surface area contributed by atoms with Crippen LogP contribution in [0.5, 0.6) is 0 Å². The normalized spacial score (nSPS) is 16.3. The Morgan fingerprint density at radius 3 is 2.40 bits per heavy atom. The first-order valence-corrected chi connectivity index (χ1v) is 11.3. The SMILES string of the molecule is CCNC(=NCC(=O)NCc1ccccc1)NCC(C(CC)CC)N1CCOCC1. The smallest absolute Gasteiger partial charge is 0.242 e. The van der Waals surface area contributed by atoms with Gasteiger partial charge in [-0.2, -0.15) is 0 Å². The van der Waals surface area contributed by atoms with Gasteiger partial charge in [0.2, 0.25) is 5.91 Å². The van der Waals surface area contributed by atoms with Crippen molar-refractivity contribution in [2.45, 2.75) is 46.2 Å². The van der Waals surface area contributed by atoms with Crippen molar-refractivity contribution in [3.8, 4) is 0 Å². The summed E-state index contributed by atoms with van der Waals surface area (Å²) >= 11 is 0. The summed E-state index contributed by atoms with van der Waals surface area (Å²) in [5.41, 5.74) is 1.08. The third-order valence-corrected chi connectivity index (χ3v) is 5.64. The minimum Gasteiger partial charge on any atom is -0.379 e. The molecule has 168 valence electrons. The van der Waals surface area contributed by atoms with E-state index in [1.54, 1.807) is 0 Å². The Morgan fingerprint density at radius 1 is 1.07 bits per heavy atom. The van der Waals surface area contributed by atoms with Crippen LogP contribution in [0, 0.1) is 5.92 Å². The minimum atomic E-state index is -0.0826. The Labute approximate surface area is 181 Å². The fourth-order valence-electron chi connectivity index (χ4n) is 3.88. The second-order valence-electron chi connectivity index (χ2n) is 7.63. The molecule has 30 heavy (non-hydrogen) atoms. The predicted octanol–water partition coefficient (Wildman–Crippen LogP) is 1.99. The van der Waals surface area contributed by atoms with Crippen LogP contribution in [-0.4, -0.2) is 68.7 Å². The van der Waals surface area contributed by atoms with E-state index in [0.717, 1.165) is 57.8 Å². The zero-order valence-electron chi connectivity index (χ0n) is 18.8. The fraction of sp³-hybridized carbons (Fsp3) is 0.652. The van der Waals surface area contributed by atoms with Crippen molar-refractivity contribution in [1.29, 1.82) is 0 Å². The standard InChI is InChI=1S/C23H39N5O2/c1-4-20(5-2)21(28-12-14-30-15-13-28)17-26-23(24-6-3)27-18-22(29)25-16-19-10-8-7-9-11-19/h7-11,20-21H,4-6,12-18H2,1-3H3,(H,25,29)(H2,24,26,27). The first-order valence-electron chi connectivity index (χ1n) is 11.3. The van der Waals surface area contributed by atoms with Crippen LogP contribution >= 0.6 is 0 Å². The number of carbonyl (C=O) groups excluding carboxylic acids is 1. The molecule has 0 aromatic heterocycles. The molecule has 0 spiro atoms. The highest BCUT2D eigenvalue weighted by Crippen LogP contribution is 2.19. The second-order valence-corrected chi connectivity index (χ2v) is 7.63. The molecule has 1 heterocycles. The highest BCUT2D eigenvalue weighted by molar-refractivity contribution is 5.84. The first kappa shape index (κ1) is 24.2. The van der Waals surface area contributed by atoms with Crippen LogP contribution in [0.2, 0.25) is 0 Å². The summed E-state index contributed by atoms with van der Waals surface area (Å²) in [5, 5.41) is 9.66. The van der Waals surface area contributed by atoms with E-state index in [1.807, 2.05) is 37.3 Å². The van der Waals surface area contributed by atoms with E-state index in [0.29, 0.717) is 24.5 Å². The number of nitrogens with one attached hydrogen (secondary N) is 3. The molecule has 1 amide bonds. The molecule has 7 heteroatoms. The first-order chi connectivity index (χ1) is 14.7. The number of benzene rings is 1. The number of rotatable bonds is 11. The summed E-state index contributed by atoms with van der Waals surface area (Å²) < 4.78 is 5.54. The molecule has 1 aromatic rings. The molecular formula is C23H39N5O2. The Morgan fingerprint density at radius 2 is 1.77 bits per heavy atom. The van der Waals surface area contributed by atoms with Crippen LogP contribution in [0.1, 0.15) is 39.2 Å². The maximum atomic E-state index is 12.2. The topological polar surface area (TPSA) is 78.0 Å². The number of amides is 1. The van der Waals surface area contributed by atoms with E-state index in [2.05, 4.69) is 39.7 Å². The van der Waals surface area contributed by atoms with Gasteiger partial charge in [0.05, 0.1) is 13.2 Å². The van der Waals surface area contributed by atoms with Crippen LogP contribution in [-0.2, 0) is 16.1 Å². The number of guanidine groups is 1. The predicted molar refractivity (Wildman–Crippen MR) is 123 cm³/mol. The lowest BCUT2D eigenvalue weighted by Gasteiger charge is -2.39.